The van der Waals surface area contributed by atoms with E-state index in [0.29, 0.717) is 28.2 Å². The highest BCUT2D eigenvalue weighted by Crippen LogP contribution is 2.28. The lowest BCUT2D eigenvalue weighted by Crippen LogP contribution is -2.16. The number of hydrogen-bond acceptors (Lipinski definition) is 5. The molecule has 0 saturated carbocycles. The summed E-state index contributed by atoms with van der Waals surface area (Å²) in [5.41, 5.74) is 2.37. The lowest BCUT2D eigenvalue weighted by Gasteiger charge is -2.13. The molecule has 0 radical (unpaired) electrons. The number of aromatic nitrogens is 1. The number of nitrogens with two attached hydrogens (primary N) is 1. The van der Waals surface area contributed by atoms with E-state index in [1.54, 1.807) is 6.07 Å². The number of nitrogens with one attached hydrogen (secondary N) is 2. The molecule has 1 atom stereocenters. The Morgan fingerprint density at radius 3 is 2.62 bits per heavy atom. The average molecular weight is 265 g/mol. The minimum atomic E-state index is 0.0974. The third-order valence-corrected chi connectivity index (χ3v) is 2.57. The fraction of sp³-hybridized carbons (Fsp3) is 0.444. The SMILES string of the molecule is CC(CO)CNc1nc(NN)c(Cl)cc1Cl. The second-order valence-corrected chi connectivity index (χ2v) is 4.28. The molecule has 5 nitrogen and oxygen atoms in total. The smallest absolute Gasteiger partial charge is 0.161 e. The number of hydrazine groups is 1. The monoisotopic (exact) mass is 264 g/mol. The molecule has 16 heavy (non-hydrogen) atoms. The van der Waals surface area contributed by atoms with Gasteiger partial charge in [0, 0.05) is 13.2 Å². The third kappa shape index (κ3) is 3.38. The molecule has 0 spiro atoms. The minimum Gasteiger partial charge on any atom is -0.396 e. The van der Waals surface area contributed by atoms with Gasteiger partial charge in [-0.3, -0.25) is 0 Å². The van der Waals surface area contributed by atoms with E-state index in [-0.39, 0.29) is 12.5 Å². The maximum Gasteiger partial charge on any atom is 0.161 e. The van der Waals surface area contributed by atoms with Crippen molar-refractivity contribution in [2.45, 2.75) is 6.92 Å². The average Bonchev–Trinajstić information content (AvgIpc) is 2.27. The normalized spacial score (nSPS) is 12.3. The van der Waals surface area contributed by atoms with Crippen LogP contribution in [0.3, 0.4) is 0 Å². The van der Waals surface area contributed by atoms with Crippen LogP contribution in [0.1, 0.15) is 6.92 Å². The molecule has 90 valence electrons. The lowest BCUT2D eigenvalue weighted by molar-refractivity contribution is 0.244. The Kier molecular flexibility index (Phi) is 5.08. The maximum atomic E-state index is 8.88. The molecule has 0 saturated heterocycles. The third-order valence-electron chi connectivity index (χ3n) is 2.00. The summed E-state index contributed by atoms with van der Waals surface area (Å²) < 4.78 is 0. The van der Waals surface area contributed by atoms with E-state index in [0.717, 1.165) is 0 Å². The Balaban J connectivity index is 2.79. The van der Waals surface area contributed by atoms with E-state index in [9.17, 15) is 0 Å². The molecule has 1 heterocycles. The summed E-state index contributed by atoms with van der Waals surface area (Å²) in [5, 5.41) is 12.7. The van der Waals surface area contributed by atoms with Crippen molar-refractivity contribution < 1.29 is 5.11 Å². The summed E-state index contributed by atoms with van der Waals surface area (Å²) in [4.78, 5) is 4.10. The number of anilines is 2. The number of nitrogen functional groups attached to an aromatic ring is 1. The van der Waals surface area contributed by atoms with Gasteiger partial charge in [0.15, 0.2) is 5.82 Å². The highest BCUT2D eigenvalue weighted by Gasteiger charge is 2.09. The summed E-state index contributed by atoms with van der Waals surface area (Å²) in [6, 6.07) is 1.55. The fourth-order valence-corrected chi connectivity index (χ4v) is 1.51. The van der Waals surface area contributed by atoms with Crippen LogP contribution in [0.4, 0.5) is 11.6 Å². The van der Waals surface area contributed by atoms with E-state index in [4.69, 9.17) is 34.2 Å². The van der Waals surface area contributed by atoms with Crippen LogP contribution in [0.5, 0.6) is 0 Å². The Morgan fingerprint density at radius 2 is 2.06 bits per heavy atom. The van der Waals surface area contributed by atoms with Gasteiger partial charge in [0.2, 0.25) is 0 Å². The molecule has 1 rings (SSSR count). The molecule has 5 N–H and O–H groups in total. The standard InChI is InChI=1S/C9H14Cl2N4O/c1-5(4-16)3-13-8-6(10)2-7(11)9(14-8)15-12/h2,5,16H,3-4,12H2,1H3,(H2,13,14,15). The highest BCUT2D eigenvalue weighted by molar-refractivity contribution is 6.37. The van der Waals surface area contributed by atoms with Crippen molar-refractivity contribution in [3.8, 4) is 0 Å². The molecule has 0 aliphatic heterocycles. The van der Waals surface area contributed by atoms with E-state index in [2.05, 4.69) is 15.7 Å². The van der Waals surface area contributed by atoms with Gasteiger partial charge >= 0.3 is 0 Å². The summed E-state index contributed by atoms with van der Waals surface area (Å²) in [7, 11) is 0. The zero-order chi connectivity index (χ0) is 12.1. The predicted octanol–water partition coefficient (Wildman–Crippen LogP) is 1.71. The number of aliphatic hydroxyl groups is 1. The number of hydrogen-bond donors (Lipinski definition) is 4. The van der Waals surface area contributed by atoms with Crippen LogP contribution in [0, 0.1) is 5.92 Å². The molecule has 1 aromatic heterocycles. The highest BCUT2D eigenvalue weighted by atomic mass is 35.5. The van der Waals surface area contributed by atoms with E-state index < -0.39 is 0 Å². The Bertz CT molecular complexity index is 362. The quantitative estimate of drug-likeness (QED) is 0.481. The van der Waals surface area contributed by atoms with Crippen LogP contribution in [0.2, 0.25) is 10.0 Å². The van der Waals surface area contributed by atoms with Gasteiger partial charge in [0.1, 0.15) is 5.82 Å². The van der Waals surface area contributed by atoms with Crippen LogP contribution in [-0.4, -0.2) is 23.2 Å². The van der Waals surface area contributed by atoms with Gasteiger partial charge in [0.05, 0.1) is 10.0 Å². The van der Waals surface area contributed by atoms with E-state index >= 15 is 0 Å². The molecule has 0 aliphatic rings. The van der Waals surface area contributed by atoms with Gasteiger partial charge < -0.3 is 15.8 Å². The molecule has 0 fully saturated rings. The van der Waals surface area contributed by atoms with E-state index in [1.165, 1.54) is 0 Å². The second-order valence-electron chi connectivity index (χ2n) is 3.46. The molecular weight excluding hydrogens is 251 g/mol. The van der Waals surface area contributed by atoms with Crippen molar-refractivity contribution in [2.24, 2.45) is 11.8 Å². The van der Waals surface area contributed by atoms with Crippen LogP contribution in [-0.2, 0) is 0 Å². The molecule has 0 aromatic carbocycles. The largest absolute Gasteiger partial charge is 0.396 e. The first kappa shape index (κ1) is 13.3. The Hall–Kier alpha value is -0.750. The van der Waals surface area contributed by atoms with Gasteiger partial charge in [-0.1, -0.05) is 30.1 Å². The topological polar surface area (TPSA) is 83.2 Å². The van der Waals surface area contributed by atoms with Crippen LogP contribution >= 0.6 is 23.2 Å². The van der Waals surface area contributed by atoms with Crippen molar-refractivity contribution in [1.82, 2.24) is 4.98 Å². The first-order valence-corrected chi connectivity index (χ1v) is 5.51. The van der Waals surface area contributed by atoms with E-state index in [1.807, 2.05) is 6.92 Å². The summed E-state index contributed by atoms with van der Waals surface area (Å²) >= 11 is 11.8. The van der Waals surface area contributed by atoms with Crippen molar-refractivity contribution in [3.05, 3.63) is 16.1 Å². The van der Waals surface area contributed by atoms with Gasteiger partial charge in [-0.25, -0.2) is 10.8 Å². The van der Waals surface area contributed by atoms with Crippen molar-refractivity contribution >= 4 is 34.8 Å². The second kappa shape index (κ2) is 6.10. The molecule has 1 aromatic rings. The van der Waals surface area contributed by atoms with Gasteiger partial charge in [-0.2, -0.15) is 0 Å². The molecule has 0 amide bonds. The molecule has 7 heteroatoms. The Morgan fingerprint density at radius 1 is 1.44 bits per heavy atom. The number of rotatable bonds is 5. The van der Waals surface area contributed by atoms with Crippen LogP contribution in [0.15, 0.2) is 6.07 Å². The van der Waals surface area contributed by atoms with Crippen LogP contribution in [0.25, 0.3) is 0 Å². The summed E-state index contributed by atoms with van der Waals surface area (Å²) in [5.74, 6) is 6.20. The maximum absolute atomic E-state index is 8.88. The first-order valence-electron chi connectivity index (χ1n) is 4.75. The molecule has 1 unspecified atom stereocenters. The molecular formula is C9H14Cl2N4O. The number of nitrogens with zero attached hydrogens (tertiary/aromatic N) is 1. The summed E-state index contributed by atoms with van der Waals surface area (Å²) in [6.07, 6.45) is 0. The molecule has 0 bridgehead atoms. The Labute approximate surface area is 104 Å². The van der Waals surface area contributed by atoms with Gasteiger partial charge in [-0.05, 0) is 12.0 Å². The van der Waals surface area contributed by atoms with Crippen molar-refractivity contribution in [1.29, 1.82) is 0 Å². The zero-order valence-electron chi connectivity index (χ0n) is 8.80. The minimum absolute atomic E-state index is 0.0974. The van der Waals surface area contributed by atoms with Crippen LogP contribution < -0.4 is 16.6 Å². The lowest BCUT2D eigenvalue weighted by atomic mass is 10.2. The van der Waals surface area contributed by atoms with Gasteiger partial charge in [0.25, 0.3) is 0 Å². The molecule has 0 aliphatic carbocycles. The number of aliphatic hydroxyl groups excluding tert-OH is 1. The van der Waals surface area contributed by atoms with Crippen molar-refractivity contribution in [2.75, 3.05) is 23.9 Å². The number of pyridine rings is 1. The zero-order valence-corrected chi connectivity index (χ0v) is 10.3. The first-order chi connectivity index (χ1) is 7.58. The summed E-state index contributed by atoms with van der Waals surface area (Å²) in [6.45, 7) is 2.56. The fourth-order valence-electron chi connectivity index (χ4n) is 1.03. The predicted molar refractivity (Wildman–Crippen MR) is 66.8 cm³/mol. The number of halogens is 2. The van der Waals surface area contributed by atoms with Gasteiger partial charge in [-0.15, -0.1) is 0 Å². The van der Waals surface area contributed by atoms with Crippen molar-refractivity contribution in [3.63, 3.8) is 0 Å².